The van der Waals surface area contributed by atoms with Crippen LogP contribution in [0.2, 0.25) is 0 Å². The number of likely N-dealkylation sites (tertiary alicyclic amines) is 1. The standard InChI is InChI=1S/C12H15F3N2O2/c1-2-4-10(18)16-7-9-5-3-6-17(8-9)11(19)12(13,14)15/h9H,3,5-8H2,1H3,(H,16,18). The van der Waals surface area contributed by atoms with Gasteiger partial charge in [-0.15, -0.1) is 0 Å². The van der Waals surface area contributed by atoms with Crippen LogP contribution in [-0.4, -0.2) is 42.5 Å². The van der Waals surface area contributed by atoms with E-state index >= 15 is 0 Å². The minimum atomic E-state index is -4.83. The van der Waals surface area contributed by atoms with Gasteiger partial charge in [0.15, 0.2) is 0 Å². The zero-order valence-electron chi connectivity index (χ0n) is 10.5. The van der Waals surface area contributed by atoms with E-state index < -0.39 is 18.0 Å². The summed E-state index contributed by atoms with van der Waals surface area (Å²) in [7, 11) is 0. The minimum Gasteiger partial charge on any atom is -0.345 e. The van der Waals surface area contributed by atoms with E-state index in [4.69, 9.17) is 0 Å². The van der Waals surface area contributed by atoms with Crippen molar-refractivity contribution in [3.8, 4) is 11.8 Å². The molecular weight excluding hydrogens is 261 g/mol. The smallest absolute Gasteiger partial charge is 0.345 e. The van der Waals surface area contributed by atoms with Gasteiger partial charge >= 0.3 is 12.1 Å². The predicted molar refractivity (Wildman–Crippen MR) is 61.8 cm³/mol. The molecular formula is C12H15F3N2O2. The summed E-state index contributed by atoms with van der Waals surface area (Å²) in [4.78, 5) is 23.0. The van der Waals surface area contributed by atoms with Gasteiger partial charge in [-0.2, -0.15) is 13.2 Å². The Morgan fingerprint density at radius 3 is 2.68 bits per heavy atom. The Hall–Kier alpha value is -1.71. The Labute approximate surface area is 109 Å². The van der Waals surface area contributed by atoms with Crippen LogP contribution in [0.25, 0.3) is 0 Å². The number of piperidine rings is 1. The first kappa shape index (κ1) is 15.3. The van der Waals surface area contributed by atoms with Crippen LogP contribution in [0.15, 0.2) is 0 Å². The highest BCUT2D eigenvalue weighted by Crippen LogP contribution is 2.23. The van der Waals surface area contributed by atoms with Crippen LogP contribution < -0.4 is 5.32 Å². The van der Waals surface area contributed by atoms with Crippen molar-refractivity contribution >= 4 is 11.8 Å². The van der Waals surface area contributed by atoms with Crippen molar-refractivity contribution in [3.05, 3.63) is 0 Å². The van der Waals surface area contributed by atoms with Crippen LogP contribution in [0.4, 0.5) is 13.2 Å². The molecule has 1 aliphatic heterocycles. The number of nitrogens with one attached hydrogen (secondary N) is 1. The lowest BCUT2D eigenvalue weighted by molar-refractivity contribution is -0.187. The monoisotopic (exact) mass is 276 g/mol. The molecule has 1 heterocycles. The summed E-state index contributed by atoms with van der Waals surface area (Å²) < 4.78 is 36.9. The maximum absolute atomic E-state index is 12.3. The summed E-state index contributed by atoms with van der Waals surface area (Å²) in [5.41, 5.74) is 0. The molecule has 1 unspecified atom stereocenters. The van der Waals surface area contributed by atoms with E-state index in [1.54, 1.807) is 0 Å². The number of carbonyl (C=O) groups excluding carboxylic acids is 2. The second-order valence-electron chi connectivity index (χ2n) is 4.34. The van der Waals surface area contributed by atoms with Crippen LogP contribution in [0, 0.1) is 17.8 Å². The van der Waals surface area contributed by atoms with Gasteiger partial charge in [-0.3, -0.25) is 9.59 Å². The molecule has 0 radical (unpaired) electrons. The van der Waals surface area contributed by atoms with Crippen LogP contribution in [0.3, 0.4) is 0 Å². The maximum atomic E-state index is 12.3. The first-order valence-electron chi connectivity index (χ1n) is 5.91. The highest BCUT2D eigenvalue weighted by Gasteiger charge is 2.43. The highest BCUT2D eigenvalue weighted by atomic mass is 19.4. The Morgan fingerprint density at radius 2 is 2.11 bits per heavy atom. The molecule has 1 atom stereocenters. The van der Waals surface area contributed by atoms with Crippen LogP contribution in [0.1, 0.15) is 19.8 Å². The fraction of sp³-hybridized carbons (Fsp3) is 0.667. The van der Waals surface area contributed by atoms with Gasteiger partial charge < -0.3 is 10.2 Å². The Bertz CT molecular complexity index is 409. The van der Waals surface area contributed by atoms with Crippen molar-refractivity contribution in [2.75, 3.05) is 19.6 Å². The highest BCUT2D eigenvalue weighted by molar-refractivity contribution is 5.93. The van der Waals surface area contributed by atoms with E-state index in [0.717, 1.165) is 4.90 Å². The van der Waals surface area contributed by atoms with E-state index in [1.807, 2.05) is 0 Å². The van der Waals surface area contributed by atoms with Crippen molar-refractivity contribution in [2.45, 2.75) is 25.9 Å². The molecule has 0 aromatic heterocycles. The number of amides is 2. The molecule has 19 heavy (non-hydrogen) atoms. The summed E-state index contributed by atoms with van der Waals surface area (Å²) in [6, 6.07) is 0. The number of nitrogens with zero attached hydrogens (tertiary/aromatic N) is 1. The topological polar surface area (TPSA) is 49.4 Å². The molecule has 2 amide bonds. The van der Waals surface area contributed by atoms with E-state index in [0.29, 0.717) is 12.8 Å². The van der Waals surface area contributed by atoms with Crippen LogP contribution in [-0.2, 0) is 9.59 Å². The third-order valence-corrected chi connectivity index (χ3v) is 2.84. The number of alkyl halides is 3. The van der Waals surface area contributed by atoms with Crippen LogP contribution >= 0.6 is 0 Å². The second kappa shape index (κ2) is 6.45. The van der Waals surface area contributed by atoms with E-state index in [9.17, 15) is 22.8 Å². The van der Waals surface area contributed by atoms with Crippen molar-refractivity contribution in [1.29, 1.82) is 0 Å². The molecule has 0 aliphatic carbocycles. The molecule has 1 aliphatic rings. The van der Waals surface area contributed by atoms with Gasteiger partial charge in [0.2, 0.25) is 0 Å². The Morgan fingerprint density at radius 1 is 1.42 bits per heavy atom. The third kappa shape index (κ3) is 4.81. The molecule has 7 heteroatoms. The normalized spacial score (nSPS) is 19.4. The average Bonchev–Trinajstić information content (AvgIpc) is 2.35. The quantitative estimate of drug-likeness (QED) is 0.763. The molecule has 0 spiro atoms. The van der Waals surface area contributed by atoms with Crippen molar-refractivity contribution in [3.63, 3.8) is 0 Å². The van der Waals surface area contributed by atoms with Gasteiger partial charge in [-0.05, 0) is 31.6 Å². The van der Waals surface area contributed by atoms with Gasteiger partial charge in [0.1, 0.15) is 0 Å². The molecule has 0 saturated carbocycles. The van der Waals surface area contributed by atoms with Crippen molar-refractivity contribution < 1.29 is 22.8 Å². The molecule has 1 saturated heterocycles. The lowest BCUT2D eigenvalue weighted by atomic mass is 9.98. The van der Waals surface area contributed by atoms with Gasteiger partial charge in [0, 0.05) is 19.6 Å². The fourth-order valence-electron chi connectivity index (χ4n) is 1.99. The fourth-order valence-corrected chi connectivity index (χ4v) is 1.99. The van der Waals surface area contributed by atoms with Crippen molar-refractivity contribution in [1.82, 2.24) is 10.2 Å². The van der Waals surface area contributed by atoms with Gasteiger partial charge in [-0.1, -0.05) is 5.92 Å². The summed E-state index contributed by atoms with van der Waals surface area (Å²) in [6.07, 6.45) is -3.65. The van der Waals surface area contributed by atoms with Gasteiger partial charge in [-0.25, -0.2) is 0 Å². The van der Waals surface area contributed by atoms with E-state index in [-0.39, 0.29) is 25.6 Å². The number of rotatable bonds is 2. The number of halogens is 3. The average molecular weight is 276 g/mol. The molecule has 0 aromatic carbocycles. The van der Waals surface area contributed by atoms with Crippen LogP contribution in [0.5, 0.6) is 0 Å². The lowest BCUT2D eigenvalue weighted by Gasteiger charge is -2.33. The number of hydrogen-bond donors (Lipinski definition) is 1. The number of carbonyl (C=O) groups is 2. The van der Waals surface area contributed by atoms with Crippen molar-refractivity contribution in [2.24, 2.45) is 5.92 Å². The minimum absolute atomic E-state index is 0.0121. The predicted octanol–water partition coefficient (Wildman–Crippen LogP) is 0.927. The van der Waals surface area contributed by atoms with Gasteiger partial charge in [0.25, 0.3) is 5.91 Å². The molecule has 1 rings (SSSR count). The Balaban J connectivity index is 2.48. The molecule has 1 N–H and O–H groups in total. The summed E-state index contributed by atoms with van der Waals surface area (Å²) in [6.45, 7) is 1.87. The summed E-state index contributed by atoms with van der Waals surface area (Å²) >= 11 is 0. The zero-order valence-corrected chi connectivity index (χ0v) is 10.5. The molecule has 0 aromatic rings. The first-order chi connectivity index (χ1) is 8.84. The molecule has 1 fully saturated rings. The molecule has 4 nitrogen and oxygen atoms in total. The maximum Gasteiger partial charge on any atom is 0.471 e. The first-order valence-corrected chi connectivity index (χ1v) is 5.91. The largest absolute Gasteiger partial charge is 0.471 e. The summed E-state index contributed by atoms with van der Waals surface area (Å²) in [5.74, 6) is 2.28. The lowest BCUT2D eigenvalue weighted by Crippen LogP contribution is -2.48. The second-order valence-corrected chi connectivity index (χ2v) is 4.34. The Kier molecular flexibility index (Phi) is 5.21. The summed E-state index contributed by atoms with van der Waals surface area (Å²) in [5, 5.41) is 2.52. The SMILES string of the molecule is CC#CC(=O)NCC1CCCN(C(=O)C(F)(F)F)C1. The van der Waals surface area contributed by atoms with E-state index in [2.05, 4.69) is 17.2 Å². The number of hydrogen-bond acceptors (Lipinski definition) is 2. The van der Waals surface area contributed by atoms with Gasteiger partial charge in [0.05, 0.1) is 0 Å². The van der Waals surface area contributed by atoms with E-state index in [1.165, 1.54) is 6.92 Å². The third-order valence-electron chi connectivity index (χ3n) is 2.84. The molecule has 106 valence electrons. The zero-order chi connectivity index (χ0) is 14.5. The molecule has 0 bridgehead atoms.